The minimum absolute atomic E-state index is 0.0214. The van der Waals surface area contributed by atoms with E-state index in [1.807, 2.05) is 30.3 Å². The van der Waals surface area contributed by atoms with Gasteiger partial charge < -0.3 is 21.1 Å². The summed E-state index contributed by atoms with van der Waals surface area (Å²) in [6.45, 7) is 0.274. The number of rotatable bonds is 8. The van der Waals surface area contributed by atoms with Crippen LogP contribution in [0, 0.1) is 5.82 Å². The molecule has 0 aliphatic heterocycles. The van der Waals surface area contributed by atoms with Gasteiger partial charge in [0.15, 0.2) is 0 Å². The largest absolute Gasteiger partial charge is 0.489 e. The first-order valence-electron chi connectivity index (χ1n) is 9.37. The number of ether oxygens (including phenoxy) is 1. The Bertz CT molecular complexity index is 994. The highest BCUT2D eigenvalue weighted by molar-refractivity contribution is 5.91. The molecule has 3 aromatic carbocycles. The van der Waals surface area contributed by atoms with Gasteiger partial charge in [0.2, 0.25) is 5.91 Å². The molecule has 0 radical (unpaired) electrons. The van der Waals surface area contributed by atoms with Crippen LogP contribution in [0.15, 0.2) is 78.9 Å². The molecule has 0 aliphatic carbocycles. The topological polar surface area (TPSA) is 93.5 Å². The van der Waals surface area contributed by atoms with Gasteiger partial charge in [0.05, 0.1) is 12.5 Å². The minimum atomic E-state index is -0.701. The molecule has 3 rings (SSSR count). The Hall–Kier alpha value is -3.87. The maximum atomic E-state index is 13.0. The van der Waals surface area contributed by atoms with E-state index in [0.29, 0.717) is 11.4 Å². The second-order valence-electron chi connectivity index (χ2n) is 6.67. The van der Waals surface area contributed by atoms with Crippen molar-refractivity contribution in [3.8, 4) is 5.75 Å². The molecular formula is C23H22FN3O3. The van der Waals surface area contributed by atoms with Crippen LogP contribution >= 0.6 is 0 Å². The number of hydrogen-bond acceptors (Lipinski definition) is 3. The third-order valence-corrected chi connectivity index (χ3v) is 4.34. The van der Waals surface area contributed by atoms with Gasteiger partial charge in [-0.25, -0.2) is 9.18 Å². The zero-order chi connectivity index (χ0) is 21.3. The summed E-state index contributed by atoms with van der Waals surface area (Å²) in [4.78, 5) is 23.8. The van der Waals surface area contributed by atoms with Crippen LogP contribution < -0.4 is 21.1 Å². The molecule has 1 atom stereocenters. The molecule has 3 amide bonds. The van der Waals surface area contributed by atoms with Crippen LogP contribution in [0.1, 0.15) is 23.6 Å². The van der Waals surface area contributed by atoms with Crippen LogP contribution in [0.5, 0.6) is 5.75 Å². The Balaban J connectivity index is 1.60. The van der Waals surface area contributed by atoms with Crippen molar-refractivity contribution in [1.29, 1.82) is 0 Å². The summed E-state index contributed by atoms with van der Waals surface area (Å²) in [5.41, 5.74) is 7.42. The second kappa shape index (κ2) is 10.1. The monoisotopic (exact) mass is 407 g/mol. The van der Waals surface area contributed by atoms with Gasteiger partial charge in [0.25, 0.3) is 0 Å². The van der Waals surface area contributed by atoms with Gasteiger partial charge in [-0.05, 0) is 35.4 Å². The van der Waals surface area contributed by atoms with E-state index >= 15 is 0 Å². The predicted octanol–water partition coefficient (Wildman–Crippen LogP) is 4.14. The predicted molar refractivity (Wildman–Crippen MR) is 112 cm³/mol. The fourth-order valence-corrected chi connectivity index (χ4v) is 2.92. The van der Waals surface area contributed by atoms with Gasteiger partial charge in [-0.15, -0.1) is 0 Å². The molecule has 154 valence electrons. The molecule has 6 nitrogen and oxygen atoms in total. The van der Waals surface area contributed by atoms with Crippen molar-refractivity contribution in [2.24, 2.45) is 5.73 Å². The van der Waals surface area contributed by atoms with Crippen LogP contribution in [-0.4, -0.2) is 11.9 Å². The summed E-state index contributed by atoms with van der Waals surface area (Å²) in [5, 5.41) is 5.39. The van der Waals surface area contributed by atoms with Crippen molar-refractivity contribution in [2.45, 2.75) is 19.1 Å². The molecule has 3 aromatic rings. The summed E-state index contributed by atoms with van der Waals surface area (Å²) in [5.74, 6) is -0.0247. The van der Waals surface area contributed by atoms with E-state index in [1.54, 1.807) is 36.4 Å². The third-order valence-electron chi connectivity index (χ3n) is 4.34. The average molecular weight is 407 g/mol. The SMILES string of the molecule is NC(=O)N[C@@H](CC(=O)Nc1cccc(OCc2ccc(F)cc2)c1)c1ccccc1. The zero-order valence-electron chi connectivity index (χ0n) is 16.2. The van der Waals surface area contributed by atoms with Gasteiger partial charge in [0, 0.05) is 11.8 Å². The summed E-state index contributed by atoms with van der Waals surface area (Å²) in [6, 6.07) is 20.9. The lowest BCUT2D eigenvalue weighted by Gasteiger charge is -2.18. The average Bonchev–Trinajstić information content (AvgIpc) is 2.73. The molecule has 0 aromatic heterocycles. The molecule has 0 unspecified atom stereocenters. The normalized spacial score (nSPS) is 11.4. The highest BCUT2D eigenvalue weighted by Gasteiger charge is 2.17. The van der Waals surface area contributed by atoms with Crippen molar-refractivity contribution in [2.75, 3.05) is 5.32 Å². The number of urea groups is 1. The Kier molecular flexibility index (Phi) is 7.00. The molecule has 0 bridgehead atoms. The van der Waals surface area contributed by atoms with E-state index in [2.05, 4.69) is 10.6 Å². The number of carbonyl (C=O) groups is 2. The van der Waals surface area contributed by atoms with Crippen LogP contribution in [-0.2, 0) is 11.4 Å². The summed E-state index contributed by atoms with van der Waals surface area (Å²) >= 11 is 0. The Morgan fingerprint density at radius 1 is 0.967 bits per heavy atom. The molecule has 0 spiro atoms. The number of primary amides is 1. The van der Waals surface area contributed by atoms with Crippen LogP contribution in [0.2, 0.25) is 0 Å². The van der Waals surface area contributed by atoms with E-state index in [4.69, 9.17) is 10.5 Å². The van der Waals surface area contributed by atoms with Gasteiger partial charge in [-0.2, -0.15) is 0 Å². The van der Waals surface area contributed by atoms with Gasteiger partial charge in [0.1, 0.15) is 18.2 Å². The lowest BCUT2D eigenvalue weighted by atomic mass is 10.0. The number of anilines is 1. The standard InChI is InChI=1S/C23H22FN3O3/c24-18-11-9-16(10-12-18)15-30-20-8-4-7-19(13-20)26-22(28)14-21(27-23(25)29)17-5-2-1-3-6-17/h1-13,21H,14-15H2,(H,26,28)(H3,25,27,29)/t21-/m0/s1. The van der Waals surface area contributed by atoms with Crippen molar-refractivity contribution in [3.05, 3.63) is 95.8 Å². The summed E-state index contributed by atoms with van der Waals surface area (Å²) in [7, 11) is 0. The Morgan fingerprint density at radius 2 is 1.70 bits per heavy atom. The smallest absolute Gasteiger partial charge is 0.312 e. The zero-order valence-corrected chi connectivity index (χ0v) is 16.2. The van der Waals surface area contributed by atoms with E-state index in [0.717, 1.165) is 11.1 Å². The summed E-state index contributed by atoms with van der Waals surface area (Å²) in [6.07, 6.45) is 0.0214. The molecule has 0 saturated heterocycles. The lowest BCUT2D eigenvalue weighted by molar-refractivity contribution is -0.116. The fraction of sp³-hybridized carbons (Fsp3) is 0.130. The number of halogens is 1. The second-order valence-corrected chi connectivity index (χ2v) is 6.67. The van der Waals surface area contributed by atoms with E-state index < -0.39 is 12.1 Å². The maximum absolute atomic E-state index is 13.0. The molecule has 0 aliphatic rings. The first-order chi connectivity index (χ1) is 14.5. The molecule has 0 saturated carbocycles. The number of nitrogens with two attached hydrogens (primary N) is 1. The van der Waals surface area contributed by atoms with Gasteiger partial charge >= 0.3 is 6.03 Å². The van der Waals surface area contributed by atoms with Crippen LogP contribution in [0.4, 0.5) is 14.9 Å². The van der Waals surface area contributed by atoms with Crippen molar-refractivity contribution >= 4 is 17.6 Å². The maximum Gasteiger partial charge on any atom is 0.312 e. The number of nitrogens with one attached hydrogen (secondary N) is 2. The quantitative estimate of drug-likeness (QED) is 0.524. The number of amides is 3. The Morgan fingerprint density at radius 3 is 2.40 bits per heavy atom. The summed E-state index contributed by atoms with van der Waals surface area (Å²) < 4.78 is 18.7. The Labute approximate surface area is 173 Å². The van der Waals surface area contributed by atoms with E-state index in [1.165, 1.54) is 12.1 Å². The lowest BCUT2D eigenvalue weighted by Crippen LogP contribution is -2.35. The molecule has 30 heavy (non-hydrogen) atoms. The third kappa shape index (κ3) is 6.34. The number of hydrogen-bond donors (Lipinski definition) is 3. The molecule has 0 fully saturated rings. The van der Waals surface area contributed by atoms with Gasteiger partial charge in [-0.1, -0.05) is 48.5 Å². The number of carbonyl (C=O) groups excluding carboxylic acids is 2. The highest BCUT2D eigenvalue weighted by atomic mass is 19.1. The molecule has 7 heteroatoms. The van der Waals surface area contributed by atoms with Crippen molar-refractivity contribution < 1.29 is 18.7 Å². The van der Waals surface area contributed by atoms with E-state index in [9.17, 15) is 14.0 Å². The van der Waals surface area contributed by atoms with Crippen LogP contribution in [0.25, 0.3) is 0 Å². The first kappa shape index (κ1) is 20.9. The van der Waals surface area contributed by atoms with Crippen LogP contribution in [0.3, 0.4) is 0 Å². The van der Waals surface area contributed by atoms with Crippen molar-refractivity contribution in [1.82, 2.24) is 5.32 Å². The van der Waals surface area contributed by atoms with E-state index in [-0.39, 0.29) is 24.8 Å². The highest BCUT2D eigenvalue weighted by Crippen LogP contribution is 2.21. The minimum Gasteiger partial charge on any atom is -0.489 e. The fourth-order valence-electron chi connectivity index (χ4n) is 2.92. The molecule has 0 heterocycles. The van der Waals surface area contributed by atoms with Gasteiger partial charge in [-0.3, -0.25) is 4.79 Å². The van der Waals surface area contributed by atoms with Crippen molar-refractivity contribution in [3.63, 3.8) is 0 Å². The molecule has 4 N–H and O–H groups in total. The number of benzene rings is 3. The first-order valence-corrected chi connectivity index (χ1v) is 9.37. The molecular weight excluding hydrogens is 385 g/mol.